The molecule has 0 atom stereocenters. The average Bonchev–Trinajstić information content (AvgIpc) is 3.63. The van der Waals surface area contributed by atoms with E-state index in [0.717, 1.165) is 49.5 Å². The largest absolute Gasteiger partial charge is 0.437 e. The third-order valence-electron chi connectivity index (χ3n) is 7.57. The van der Waals surface area contributed by atoms with Crippen LogP contribution in [0.4, 0.5) is 5.69 Å². The molecule has 9 nitrogen and oxygen atoms in total. The van der Waals surface area contributed by atoms with Gasteiger partial charge in [-0.15, -0.1) is 0 Å². The number of hydrogen-bond donors (Lipinski definition) is 1. The Morgan fingerprint density at radius 3 is 2.59 bits per heavy atom. The zero-order valence-corrected chi connectivity index (χ0v) is 24.5. The third-order valence-corrected chi connectivity index (χ3v) is 8.25. The van der Waals surface area contributed by atoms with E-state index in [9.17, 15) is 4.79 Å². The molecule has 0 unspecified atom stereocenters. The Hall–Kier alpha value is -4.12. The second-order valence-electron chi connectivity index (χ2n) is 10.6. The second-order valence-corrected chi connectivity index (χ2v) is 11.4. The molecule has 5 aromatic rings. The van der Waals surface area contributed by atoms with E-state index in [1.165, 1.54) is 11.1 Å². The lowest BCUT2D eigenvalue weighted by molar-refractivity contribution is 0.102. The Morgan fingerprint density at radius 1 is 1.00 bits per heavy atom. The van der Waals surface area contributed by atoms with Gasteiger partial charge in [-0.25, -0.2) is 9.97 Å². The van der Waals surface area contributed by atoms with Gasteiger partial charge in [0.05, 0.1) is 6.33 Å². The topological polar surface area (TPSA) is 88.4 Å². The number of aromatic nitrogens is 4. The van der Waals surface area contributed by atoms with E-state index in [1.807, 2.05) is 59.6 Å². The molecule has 0 saturated carbocycles. The summed E-state index contributed by atoms with van der Waals surface area (Å²) in [5, 5.41) is 7.06. The van der Waals surface area contributed by atoms with Gasteiger partial charge in [-0.2, -0.15) is 16.3 Å². The van der Waals surface area contributed by atoms with Crippen LogP contribution in [0.5, 0.6) is 11.6 Å². The summed E-state index contributed by atoms with van der Waals surface area (Å²) in [6.07, 6.45) is 1.69. The lowest BCUT2D eigenvalue weighted by atomic mass is 10.1. The quantitative estimate of drug-likeness (QED) is 0.278. The zero-order valence-electron chi connectivity index (χ0n) is 23.7. The molecule has 4 heterocycles. The first-order valence-corrected chi connectivity index (χ1v) is 14.6. The molecule has 1 aliphatic rings. The summed E-state index contributed by atoms with van der Waals surface area (Å²) in [6, 6.07) is 13.6. The smallest absolute Gasteiger partial charge is 0.256 e. The van der Waals surface area contributed by atoms with Gasteiger partial charge in [0.25, 0.3) is 11.8 Å². The van der Waals surface area contributed by atoms with E-state index in [4.69, 9.17) is 4.74 Å². The van der Waals surface area contributed by atoms with Crippen molar-refractivity contribution >= 4 is 34.1 Å². The molecule has 1 aliphatic heterocycles. The number of benzene rings is 2. The number of anilines is 1. The first kappa shape index (κ1) is 27.1. The number of likely N-dealkylation sites (N-methyl/N-ethyl adjacent to an activating group) is 1. The normalized spacial score (nSPS) is 14.4. The summed E-state index contributed by atoms with van der Waals surface area (Å²) >= 11 is 1.58. The van der Waals surface area contributed by atoms with Crippen LogP contribution in [0.3, 0.4) is 0 Å². The maximum atomic E-state index is 13.4. The van der Waals surface area contributed by atoms with Crippen molar-refractivity contribution in [2.75, 3.05) is 38.5 Å². The SMILES string of the molecule is Cc1cc(NC(=O)c2cc(Oc3nc(-c4ccsc4)nc4c3ncn4C)ccc2C)ccc1CN1CCN(C)CC1. The maximum absolute atomic E-state index is 13.4. The molecule has 2 aromatic carbocycles. The predicted molar refractivity (Wildman–Crippen MR) is 163 cm³/mol. The lowest BCUT2D eigenvalue weighted by Crippen LogP contribution is -2.43. The molecule has 6 rings (SSSR count). The van der Waals surface area contributed by atoms with Gasteiger partial charge in [0, 0.05) is 62.0 Å². The van der Waals surface area contributed by atoms with Gasteiger partial charge in [0.15, 0.2) is 17.0 Å². The number of imidazole rings is 1. The number of fused-ring (bicyclic) bond motifs is 1. The molecule has 0 spiro atoms. The highest BCUT2D eigenvalue weighted by Gasteiger charge is 2.18. The van der Waals surface area contributed by atoms with Crippen molar-refractivity contribution in [1.29, 1.82) is 0 Å². The van der Waals surface area contributed by atoms with Crippen LogP contribution in [0.25, 0.3) is 22.6 Å². The highest BCUT2D eigenvalue weighted by Crippen LogP contribution is 2.31. The van der Waals surface area contributed by atoms with E-state index in [0.29, 0.717) is 34.2 Å². The van der Waals surface area contributed by atoms with Gasteiger partial charge in [0.1, 0.15) is 5.75 Å². The van der Waals surface area contributed by atoms with Crippen LogP contribution in [0, 0.1) is 13.8 Å². The minimum Gasteiger partial charge on any atom is -0.437 e. The monoisotopic (exact) mass is 567 g/mol. The Bertz CT molecular complexity index is 1710. The summed E-state index contributed by atoms with van der Waals surface area (Å²) in [5.41, 5.74) is 6.75. The molecule has 1 N–H and O–H groups in total. The number of carbonyl (C=O) groups is 1. The average molecular weight is 568 g/mol. The Balaban J connectivity index is 1.21. The van der Waals surface area contributed by atoms with Crippen molar-refractivity contribution < 1.29 is 9.53 Å². The first-order valence-electron chi connectivity index (χ1n) is 13.7. The summed E-state index contributed by atoms with van der Waals surface area (Å²) in [5.74, 6) is 1.22. The van der Waals surface area contributed by atoms with Gasteiger partial charge in [-0.3, -0.25) is 9.69 Å². The number of piperazine rings is 1. The molecule has 41 heavy (non-hydrogen) atoms. The van der Waals surface area contributed by atoms with Gasteiger partial charge < -0.3 is 19.5 Å². The van der Waals surface area contributed by atoms with Crippen molar-refractivity contribution in [3.8, 4) is 23.0 Å². The lowest BCUT2D eigenvalue weighted by Gasteiger charge is -2.32. The van der Waals surface area contributed by atoms with Crippen LogP contribution in [0.1, 0.15) is 27.0 Å². The number of rotatable bonds is 7. The molecule has 0 radical (unpaired) electrons. The number of nitrogens with zero attached hydrogens (tertiary/aromatic N) is 6. The van der Waals surface area contributed by atoms with Crippen LogP contribution >= 0.6 is 11.3 Å². The van der Waals surface area contributed by atoms with Crippen LogP contribution in [0.15, 0.2) is 59.6 Å². The highest BCUT2D eigenvalue weighted by atomic mass is 32.1. The molecule has 0 aliphatic carbocycles. The fraction of sp³-hybridized carbons (Fsp3) is 0.290. The predicted octanol–water partition coefficient (Wildman–Crippen LogP) is 5.50. The number of nitrogens with one attached hydrogen (secondary N) is 1. The van der Waals surface area contributed by atoms with Crippen molar-refractivity contribution in [2.24, 2.45) is 7.05 Å². The number of amides is 1. The van der Waals surface area contributed by atoms with E-state index >= 15 is 0 Å². The van der Waals surface area contributed by atoms with Crippen molar-refractivity contribution in [3.63, 3.8) is 0 Å². The molecule has 1 fully saturated rings. The standard InChI is InChI=1S/C31H33N7O2S/c1-20-5-8-25(40-31-27-29(37(4)19-32-27)34-28(35-31)23-9-14-41-18-23)16-26(20)30(39)33-24-7-6-22(21(2)15-24)17-38-12-10-36(3)11-13-38/h5-9,14-16,18-19H,10-13,17H2,1-4H3,(H,33,39). The van der Waals surface area contributed by atoms with Crippen LogP contribution in [-0.2, 0) is 13.6 Å². The molecule has 210 valence electrons. The minimum absolute atomic E-state index is 0.191. The van der Waals surface area contributed by atoms with Crippen LogP contribution in [-0.4, -0.2) is 68.5 Å². The number of carbonyl (C=O) groups excluding carboxylic acids is 1. The van der Waals surface area contributed by atoms with E-state index in [-0.39, 0.29) is 5.91 Å². The zero-order chi connectivity index (χ0) is 28.5. The number of thiophene rings is 1. The first-order chi connectivity index (χ1) is 19.8. The van der Waals surface area contributed by atoms with E-state index in [1.54, 1.807) is 23.7 Å². The molecule has 10 heteroatoms. The Morgan fingerprint density at radius 2 is 1.83 bits per heavy atom. The van der Waals surface area contributed by atoms with Gasteiger partial charge >= 0.3 is 0 Å². The maximum Gasteiger partial charge on any atom is 0.256 e. The molecular formula is C31H33N7O2S. The summed E-state index contributed by atoms with van der Waals surface area (Å²) in [6.45, 7) is 9.27. The third kappa shape index (κ3) is 5.85. The van der Waals surface area contributed by atoms with E-state index < -0.39 is 0 Å². The number of ether oxygens (including phenoxy) is 1. The van der Waals surface area contributed by atoms with Gasteiger partial charge in [-0.1, -0.05) is 12.1 Å². The van der Waals surface area contributed by atoms with Crippen molar-refractivity contribution in [1.82, 2.24) is 29.3 Å². The molecule has 1 saturated heterocycles. The second kappa shape index (κ2) is 11.4. The number of hydrogen-bond acceptors (Lipinski definition) is 8. The van der Waals surface area contributed by atoms with E-state index in [2.05, 4.69) is 50.1 Å². The molecule has 1 amide bonds. The van der Waals surface area contributed by atoms with Gasteiger partial charge in [0.2, 0.25) is 0 Å². The van der Waals surface area contributed by atoms with Crippen LogP contribution in [0.2, 0.25) is 0 Å². The van der Waals surface area contributed by atoms with Crippen molar-refractivity contribution in [3.05, 3.63) is 81.8 Å². The molecule has 0 bridgehead atoms. The number of aryl methyl sites for hydroxylation is 3. The molecular weight excluding hydrogens is 534 g/mol. The fourth-order valence-electron chi connectivity index (χ4n) is 4.99. The highest BCUT2D eigenvalue weighted by molar-refractivity contribution is 7.08. The summed E-state index contributed by atoms with van der Waals surface area (Å²) < 4.78 is 8.08. The Kier molecular flexibility index (Phi) is 7.53. The van der Waals surface area contributed by atoms with Gasteiger partial charge in [-0.05, 0) is 73.3 Å². The molecule has 3 aromatic heterocycles. The summed E-state index contributed by atoms with van der Waals surface area (Å²) in [4.78, 5) is 32.0. The summed E-state index contributed by atoms with van der Waals surface area (Å²) in [7, 11) is 4.05. The minimum atomic E-state index is -0.191. The fourth-order valence-corrected chi connectivity index (χ4v) is 5.62. The van der Waals surface area contributed by atoms with Crippen LogP contribution < -0.4 is 10.1 Å². The van der Waals surface area contributed by atoms with Crippen molar-refractivity contribution in [2.45, 2.75) is 20.4 Å². The Labute approximate surface area is 243 Å².